The predicted octanol–water partition coefficient (Wildman–Crippen LogP) is 1.83. The first kappa shape index (κ1) is 24.5. The summed E-state index contributed by atoms with van der Waals surface area (Å²) >= 11 is 0. The van der Waals surface area contributed by atoms with Crippen LogP contribution in [0.2, 0.25) is 0 Å². The molecular weight excluding hydrogens is 436 g/mol. The van der Waals surface area contributed by atoms with Gasteiger partial charge in [-0.1, -0.05) is 49.6 Å². The van der Waals surface area contributed by atoms with Crippen molar-refractivity contribution in [2.45, 2.75) is 82.3 Å². The number of benzene rings is 1. The summed E-state index contributed by atoms with van der Waals surface area (Å²) in [5.74, 6) is -0.617. The van der Waals surface area contributed by atoms with Gasteiger partial charge in [-0.05, 0) is 31.2 Å². The van der Waals surface area contributed by atoms with Crippen LogP contribution in [0.3, 0.4) is 0 Å². The van der Waals surface area contributed by atoms with Crippen LogP contribution in [0.1, 0.15) is 56.9 Å². The van der Waals surface area contributed by atoms with E-state index in [-0.39, 0.29) is 37.4 Å². The van der Waals surface area contributed by atoms with Crippen LogP contribution in [0.5, 0.6) is 0 Å². The SMILES string of the molecule is N[C@H](C(=O)N1CCCC1)N(C(=O)C1CC(O)CN1C(=O)OCc1ccccc1)C1CCCCC1. The van der Waals surface area contributed by atoms with Gasteiger partial charge in [-0.2, -0.15) is 0 Å². The molecule has 1 aromatic carbocycles. The second kappa shape index (κ2) is 11.2. The van der Waals surface area contributed by atoms with Crippen LogP contribution < -0.4 is 5.73 Å². The Bertz CT molecular complexity index is 854. The second-order valence-electron chi connectivity index (χ2n) is 9.61. The van der Waals surface area contributed by atoms with Crippen LogP contribution in [0.4, 0.5) is 4.79 Å². The third-order valence-electron chi connectivity index (χ3n) is 7.20. The Morgan fingerprint density at radius 1 is 1.06 bits per heavy atom. The first-order valence-electron chi connectivity index (χ1n) is 12.5. The zero-order valence-electron chi connectivity index (χ0n) is 19.7. The second-order valence-corrected chi connectivity index (χ2v) is 9.61. The number of β-amino-alcohol motifs (C(OH)–C–C–N with tert-alkyl or cyclic N) is 1. The van der Waals surface area contributed by atoms with Gasteiger partial charge in [0.25, 0.3) is 5.91 Å². The van der Waals surface area contributed by atoms with Gasteiger partial charge >= 0.3 is 6.09 Å². The molecule has 2 aliphatic heterocycles. The minimum absolute atomic E-state index is 0.0118. The highest BCUT2D eigenvalue weighted by atomic mass is 16.6. The number of hydrogen-bond acceptors (Lipinski definition) is 6. The van der Waals surface area contributed by atoms with Crippen molar-refractivity contribution in [2.24, 2.45) is 5.73 Å². The standard InChI is InChI=1S/C25H36N4O5/c26-22(24(32)27-13-7-8-14-27)29(19-11-5-2-6-12-19)23(31)21-15-20(30)16-28(21)25(33)34-17-18-9-3-1-4-10-18/h1,3-4,9-10,19-22,30H,2,5-8,11-17,26H2/t20?,21?,22-/m0/s1. The summed E-state index contributed by atoms with van der Waals surface area (Å²) in [5.41, 5.74) is 7.28. The fourth-order valence-corrected chi connectivity index (χ4v) is 5.37. The molecule has 4 rings (SSSR count). The van der Waals surface area contributed by atoms with Gasteiger partial charge in [0.2, 0.25) is 5.91 Å². The minimum Gasteiger partial charge on any atom is -0.445 e. The fourth-order valence-electron chi connectivity index (χ4n) is 5.37. The summed E-state index contributed by atoms with van der Waals surface area (Å²) < 4.78 is 5.45. The number of carbonyl (C=O) groups is 3. The smallest absolute Gasteiger partial charge is 0.410 e. The Balaban J connectivity index is 1.50. The fraction of sp³-hybridized carbons (Fsp3) is 0.640. The van der Waals surface area contributed by atoms with E-state index in [0.29, 0.717) is 13.1 Å². The van der Waals surface area contributed by atoms with E-state index in [9.17, 15) is 19.5 Å². The zero-order valence-corrected chi connectivity index (χ0v) is 19.7. The van der Waals surface area contributed by atoms with E-state index in [1.165, 1.54) is 9.80 Å². The number of nitrogens with two attached hydrogens (primary N) is 1. The highest BCUT2D eigenvalue weighted by Crippen LogP contribution is 2.29. The van der Waals surface area contributed by atoms with Crippen LogP contribution in [0, 0.1) is 0 Å². The van der Waals surface area contributed by atoms with Crippen molar-refractivity contribution in [3.63, 3.8) is 0 Å². The summed E-state index contributed by atoms with van der Waals surface area (Å²) in [4.78, 5) is 44.4. The van der Waals surface area contributed by atoms with Gasteiger partial charge < -0.3 is 25.4 Å². The normalized spacial score (nSPS) is 24.2. The van der Waals surface area contributed by atoms with Gasteiger partial charge in [-0.3, -0.25) is 14.5 Å². The summed E-state index contributed by atoms with van der Waals surface area (Å²) in [7, 11) is 0. The minimum atomic E-state index is -1.09. The molecule has 1 aliphatic carbocycles. The number of amides is 3. The van der Waals surface area contributed by atoms with Crippen LogP contribution in [-0.4, -0.2) is 81.7 Å². The molecule has 3 aliphatic rings. The molecule has 9 heteroatoms. The lowest BCUT2D eigenvalue weighted by Gasteiger charge is -2.41. The molecule has 2 saturated heterocycles. The van der Waals surface area contributed by atoms with Crippen molar-refractivity contribution in [1.82, 2.24) is 14.7 Å². The van der Waals surface area contributed by atoms with Crippen molar-refractivity contribution in [2.75, 3.05) is 19.6 Å². The van der Waals surface area contributed by atoms with Crippen molar-refractivity contribution < 1.29 is 24.2 Å². The zero-order chi connectivity index (χ0) is 24.1. The molecule has 0 spiro atoms. The van der Waals surface area contributed by atoms with E-state index in [2.05, 4.69) is 0 Å². The predicted molar refractivity (Wildman–Crippen MR) is 125 cm³/mol. The number of carbonyl (C=O) groups excluding carboxylic acids is 3. The summed E-state index contributed by atoms with van der Waals surface area (Å²) in [6.45, 7) is 1.39. The summed E-state index contributed by atoms with van der Waals surface area (Å²) in [6, 6.07) is 8.24. The Kier molecular flexibility index (Phi) is 8.05. The van der Waals surface area contributed by atoms with E-state index in [0.717, 1.165) is 50.5 Å². The Hall–Kier alpha value is -2.65. The number of nitrogens with zero attached hydrogens (tertiary/aromatic N) is 3. The van der Waals surface area contributed by atoms with Crippen molar-refractivity contribution in [1.29, 1.82) is 0 Å². The quantitative estimate of drug-likeness (QED) is 0.610. The van der Waals surface area contributed by atoms with Crippen LogP contribution >= 0.6 is 0 Å². The molecular formula is C25H36N4O5. The Morgan fingerprint density at radius 3 is 2.41 bits per heavy atom. The molecule has 2 heterocycles. The molecule has 0 aromatic heterocycles. The maximum absolute atomic E-state index is 13.9. The highest BCUT2D eigenvalue weighted by molar-refractivity contribution is 5.91. The van der Waals surface area contributed by atoms with Gasteiger partial charge in [-0.15, -0.1) is 0 Å². The molecule has 0 radical (unpaired) electrons. The number of ether oxygens (including phenoxy) is 1. The van der Waals surface area contributed by atoms with Crippen molar-refractivity contribution in [3.05, 3.63) is 35.9 Å². The molecule has 0 bridgehead atoms. The molecule has 3 fully saturated rings. The van der Waals surface area contributed by atoms with Crippen LogP contribution in [0.15, 0.2) is 30.3 Å². The number of hydrogen-bond donors (Lipinski definition) is 2. The van der Waals surface area contributed by atoms with Gasteiger partial charge in [-0.25, -0.2) is 4.79 Å². The Morgan fingerprint density at radius 2 is 1.74 bits per heavy atom. The molecule has 2 unspecified atom stereocenters. The molecule has 9 nitrogen and oxygen atoms in total. The van der Waals surface area contributed by atoms with Gasteiger partial charge in [0.15, 0.2) is 6.17 Å². The number of aliphatic hydroxyl groups excluding tert-OH is 1. The van der Waals surface area contributed by atoms with Gasteiger partial charge in [0.05, 0.1) is 12.6 Å². The van der Waals surface area contributed by atoms with E-state index in [4.69, 9.17) is 10.5 Å². The number of likely N-dealkylation sites (tertiary alicyclic amines) is 2. The lowest BCUT2D eigenvalue weighted by molar-refractivity contribution is -0.151. The molecule has 3 N–H and O–H groups in total. The summed E-state index contributed by atoms with van der Waals surface area (Å²) in [5, 5.41) is 10.3. The molecule has 3 atom stereocenters. The van der Waals surface area contributed by atoms with Crippen LogP contribution in [-0.2, 0) is 20.9 Å². The van der Waals surface area contributed by atoms with Crippen molar-refractivity contribution in [3.8, 4) is 0 Å². The van der Waals surface area contributed by atoms with E-state index in [1.54, 1.807) is 4.90 Å². The molecule has 34 heavy (non-hydrogen) atoms. The van der Waals surface area contributed by atoms with Gasteiger partial charge in [0.1, 0.15) is 12.6 Å². The lowest BCUT2D eigenvalue weighted by atomic mass is 9.93. The highest BCUT2D eigenvalue weighted by Gasteiger charge is 2.46. The van der Waals surface area contributed by atoms with Crippen LogP contribution in [0.25, 0.3) is 0 Å². The Labute approximate surface area is 200 Å². The topological polar surface area (TPSA) is 116 Å². The average molecular weight is 473 g/mol. The molecule has 186 valence electrons. The average Bonchev–Trinajstić information content (AvgIpc) is 3.53. The maximum Gasteiger partial charge on any atom is 0.410 e. The van der Waals surface area contributed by atoms with Gasteiger partial charge in [0, 0.05) is 25.6 Å². The number of rotatable bonds is 6. The van der Waals surface area contributed by atoms with E-state index in [1.807, 2.05) is 30.3 Å². The third kappa shape index (κ3) is 5.52. The largest absolute Gasteiger partial charge is 0.445 e. The van der Waals surface area contributed by atoms with Crippen molar-refractivity contribution >= 4 is 17.9 Å². The lowest BCUT2D eigenvalue weighted by Crippen LogP contribution is -2.62. The third-order valence-corrected chi connectivity index (χ3v) is 7.20. The first-order chi connectivity index (χ1) is 16.5. The molecule has 1 aromatic rings. The molecule has 1 saturated carbocycles. The van der Waals surface area contributed by atoms with E-state index < -0.39 is 24.4 Å². The maximum atomic E-state index is 13.9. The van der Waals surface area contributed by atoms with E-state index >= 15 is 0 Å². The monoisotopic (exact) mass is 472 g/mol. The first-order valence-corrected chi connectivity index (χ1v) is 12.5. The molecule has 3 amide bonds. The summed E-state index contributed by atoms with van der Waals surface area (Å²) in [6.07, 6.45) is 3.98. The number of aliphatic hydroxyl groups is 1.